The number of hydrogen-bond donors (Lipinski definition) is 1. The fourth-order valence-electron chi connectivity index (χ4n) is 2.06. The molecule has 0 atom stereocenters. The van der Waals surface area contributed by atoms with E-state index in [1.807, 2.05) is 0 Å². The maximum absolute atomic E-state index is 12.5. The third kappa shape index (κ3) is 1.39. The highest BCUT2D eigenvalue weighted by Crippen LogP contribution is 2.33. The maximum Gasteiger partial charge on any atom is 0.258 e. The van der Waals surface area contributed by atoms with E-state index in [9.17, 15) is 13.2 Å². The molecular weight excluding hydrogens is 252 g/mol. The third-order valence-corrected chi connectivity index (χ3v) is 4.72. The highest BCUT2D eigenvalue weighted by Gasteiger charge is 2.32. The second-order valence-electron chi connectivity index (χ2n) is 4.16. The molecule has 2 heterocycles. The highest BCUT2D eigenvalue weighted by molar-refractivity contribution is 7.91. The molecule has 1 aliphatic rings. The van der Waals surface area contributed by atoms with Gasteiger partial charge in [-0.25, -0.2) is 8.42 Å². The smallest absolute Gasteiger partial charge is 0.258 e. The number of rotatable bonds is 0. The van der Waals surface area contributed by atoms with Crippen LogP contribution in [0.15, 0.2) is 46.5 Å². The lowest BCUT2D eigenvalue weighted by Gasteiger charge is -2.05. The molecular formula is C12H10N2O3S. The standard InChI is InChI=1S/C12H10N2O3S/c1-14-6-8-11(7-14)18(16,17)10-5-3-2-4-9(10)13-12(8)15/h2-7H,1H3,(H,13,15). The molecule has 1 aromatic heterocycles. The van der Waals surface area contributed by atoms with Gasteiger partial charge in [-0.1, -0.05) is 12.1 Å². The van der Waals surface area contributed by atoms with Crippen molar-refractivity contribution in [2.45, 2.75) is 9.79 Å². The summed E-state index contributed by atoms with van der Waals surface area (Å²) < 4.78 is 26.5. The van der Waals surface area contributed by atoms with Gasteiger partial charge in [0.2, 0.25) is 9.84 Å². The van der Waals surface area contributed by atoms with Gasteiger partial charge in [0.15, 0.2) is 0 Å². The zero-order valence-electron chi connectivity index (χ0n) is 9.54. The van der Waals surface area contributed by atoms with Crippen LogP contribution in [0.2, 0.25) is 0 Å². The number of para-hydroxylation sites is 1. The molecule has 3 rings (SSSR count). The first kappa shape index (κ1) is 11.0. The van der Waals surface area contributed by atoms with Crippen LogP contribution in [-0.2, 0) is 16.9 Å². The van der Waals surface area contributed by atoms with E-state index >= 15 is 0 Å². The Balaban J connectivity index is 2.41. The van der Waals surface area contributed by atoms with Crippen molar-refractivity contribution in [2.75, 3.05) is 5.32 Å². The Morgan fingerprint density at radius 1 is 1.11 bits per heavy atom. The predicted octanol–water partition coefficient (Wildman–Crippen LogP) is 1.42. The molecule has 0 unspecified atom stereocenters. The molecule has 2 aromatic rings. The molecule has 5 nitrogen and oxygen atoms in total. The number of nitrogens with zero attached hydrogens (tertiary/aromatic N) is 1. The molecule has 1 amide bonds. The molecule has 18 heavy (non-hydrogen) atoms. The number of benzene rings is 1. The van der Waals surface area contributed by atoms with Crippen LogP contribution in [0.5, 0.6) is 0 Å². The molecule has 0 saturated carbocycles. The Morgan fingerprint density at radius 2 is 1.83 bits per heavy atom. The topological polar surface area (TPSA) is 68.2 Å². The molecule has 1 aromatic carbocycles. The summed E-state index contributed by atoms with van der Waals surface area (Å²) in [6, 6.07) is 6.39. The first-order valence-electron chi connectivity index (χ1n) is 5.31. The van der Waals surface area contributed by atoms with E-state index in [0.717, 1.165) is 0 Å². The normalized spacial score (nSPS) is 16.4. The minimum Gasteiger partial charge on any atom is -0.355 e. The monoisotopic (exact) mass is 262 g/mol. The molecule has 0 radical (unpaired) electrons. The number of anilines is 1. The first-order chi connectivity index (χ1) is 8.50. The third-order valence-electron chi connectivity index (χ3n) is 2.88. The van der Waals surface area contributed by atoms with Gasteiger partial charge in [-0.05, 0) is 12.1 Å². The Kier molecular flexibility index (Phi) is 2.12. The van der Waals surface area contributed by atoms with E-state index in [0.29, 0.717) is 5.69 Å². The van der Waals surface area contributed by atoms with Gasteiger partial charge in [0.25, 0.3) is 5.91 Å². The Labute approximate surface area is 104 Å². The number of hydrogen-bond acceptors (Lipinski definition) is 3. The summed E-state index contributed by atoms with van der Waals surface area (Å²) in [6.07, 6.45) is 2.96. The van der Waals surface area contributed by atoms with Gasteiger partial charge in [0, 0.05) is 19.4 Å². The van der Waals surface area contributed by atoms with Gasteiger partial charge >= 0.3 is 0 Å². The molecule has 6 heteroatoms. The first-order valence-corrected chi connectivity index (χ1v) is 6.80. The van der Waals surface area contributed by atoms with Crippen molar-refractivity contribution in [1.29, 1.82) is 0 Å². The largest absolute Gasteiger partial charge is 0.355 e. The SMILES string of the molecule is Cn1cc2c(c1)S(=O)(=O)c1ccccc1NC2=O. The Hall–Kier alpha value is -2.08. The summed E-state index contributed by atoms with van der Waals surface area (Å²) in [5, 5.41) is 2.62. The Bertz CT molecular complexity index is 759. The van der Waals surface area contributed by atoms with Crippen LogP contribution in [0.4, 0.5) is 5.69 Å². The summed E-state index contributed by atoms with van der Waals surface area (Å²) in [5.41, 5.74) is 0.495. The maximum atomic E-state index is 12.5. The molecule has 0 spiro atoms. The van der Waals surface area contributed by atoms with Gasteiger partial charge in [0.1, 0.15) is 4.90 Å². The molecule has 1 N–H and O–H groups in total. The molecule has 0 saturated heterocycles. The van der Waals surface area contributed by atoms with Crippen LogP contribution in [0.3, 0.4) is 0 Å². The number of carbonyl (C=O) groups is 1. The van der Waals surface area contributed by atoms with Crippen molar-refractivity contribution in [3.63, 3.8) is 0 Å². The van der Waals surface area contributed by atoms with Crippen LogP contribution in [0.1, 0.15) is 10.4 Å². The number of nitrogens with one attached hydrogen (secondary N) is 1. The zero-order valence-corrected chi connectivity index (χ0v) is 10.4. The number of amides is 1. The van der Waals surface area contributed by atoms with Crippen LogP contribution in [-0.4, -0.2) is 18.9 Å². The van der Waals surface area contributed by atoms with Gasteiger partial charge in [-0.3, -0.25) is 4.79 Å². The lowest BCUT2D eigenvalue weighted by atomic mass is 10.3. The number of fused-ring (bicyclic) bond motifs is 2. The second-order valence-corrected chi connectivity index (χ2v) is 6.04. The fraction of sp³-hybridized carbons (Fsp3) is 0.0833. The number of aromatic nitrogens is 1. The van der Waals surface area contributed by atoms with E-state index in [4.69, 9.17) is 0 Å². The van der Waals surface area contributed by atoms with E-state index in [1.165, 1.54) is 18.5 Å². The average molecular weight is 262 g/mol. The van der Waals surface area contributed by atoms with Gasteiger partial charge in [-0.15, -0.1) is 0 Å². The van der Waals surface area contributed by atoms with Gasteiger partial charge in [-0.2, -0.15) is 0 Å². The molecule has 0 bridgehead atoms. The number of aryl methyl sites for hydroxylation is 1. The van der Waals surface area contributed by atoms with Crippen LogP contribution in [0, 0.1) is 0 Å². The fourth-order valence-corrected chi connectivity index (χ4v) is 3.70. The minimum atomic E-state index is -3.65. The van der Waals surface area contributed by atoms with Crippen molar-refractivity contribution in [1.82, 2.24) is 4.57 Å². The van der Waals surface area contributed by atoms with E-state index in [-0.39, 0.29) is 15.4 Å². The highest BCUT2D eigenvalue weighted by atomic mass is 32.2. The van der Waals surface area contributed by atoms with Gasteiger partial charge < -0.3 is 9.88 Å². The van der Waals surface area contributed by atoms with E-state index < -0.39 is 15.7 Å². The van der Waals surface area contributed by atoms with Crippen molar-refractivity contribution >= 4 is 21.4 Å². The Morgan fingerprint density at radius 3 is 2.61 bits per heavy atom. The predicted molar refractivity (Wildman–Crippen MR) is 65.3 cm³/mol. The number of carbonyl (C=O) groups excluding carboxylic acids is 1. The summed E-state index contributed by atoms with van der Waals surface area (Å²) in [4.78, 5) is 12.2. The zero-order chi connectivity index (χ0) is 12.9. The van der Waals surface area contributed by atoms with Crippen molar-refractivity contribution in [3.05, 3.63) is 42.2 Å². The average Bonchev–Trinajstić information content (AvgIpc) is 2.69. The molecule has 1 aliphatic heterocycles. The van der Waals surface area contributed by atoms with Crippen molar-refractivity contribution in [3.8, 4) is 0 Å². The van der Waals surface area contributed by atoms with Gasteiger partial charge in [0.05, 0.1) is 16.1 Å². The summed E-state index contributed by atoms with van der Waals surface area (Å²) >= 11 is 0. The second kappa shape index (κ2) is 3.46. The van der Waals surface area contributed by atoms with Crippen molar-refractivity contribution < 1.29 is 13.2 Å². The van der Waals surface area contributed by atoms with Crippen LogP contribution < -0.4 is 5.32 Å². The van der Waals surface area contributed by atoms with Crippen LogP contribution >= 0.6 is 0 Å². The number of sulfone groups is 1. The lowest BCUT2D eigenvalue weighted by molar-refractivity contribution is 0.102. The lowest BCUT2D eigenvalue weighted by Crippen LogP contribution is -2.10. The molecule has 0 fully saturated rings. The molecule has 0 aliphatic carbocycles. The summed E-state index contributed by atoms with van der Waals surface area (Å²) in [5.74, 6) is -0.404. The quantitative estimate of drug-likeness (QED) is 0.780. The minimum absolute atomic E-state index is 0.0486. The van der Waals surface area contributed by atoms with E-state index in [1.54, 1.807) is 29.8 Å². The molecule has 92 valence electrons. The van der Waals surface area contributed by atoms with Crippen molar-refractivity contribution in [2.24, 2.45) is 7.05 Å². The summed E-state index contributed by atoms with van der Waals surface area (Å²) in [7, 11) is -1.97. The van der Waals surface area contributed by atoms with Crippen LogP contribution in [0.25, 0.3) is 0 Å². The summed E-state index contributed by atoms with van der Waals surface area (Å²) in [6.45, 7) is 0. The van der Waals surface area contributed by atoms with E-state index in [2.05, 4.69) is 5.32 Å².